The first-order chi connectivity index (χ1) is 8.70. The molecule has 1 aromatic carbocycles. The summed E-state index contributed by atoms with van der Waals surface area (Å²) in [6.07, 6.45) is 2.79. The van der Waals surface area contributed by atoms with E-state index in [0.29, 0.717) is 24.7 Å². The first-order valence-electron chi connectivity index (χ1n) is 6.54. The number of phenolic OH excluding ortho intramolecular Hbond substituents is 1. The third-order valence-corrected chi connectivity index (χ3v) is 3.67. The van der Waals surface area contributed by atoms with E-state index in [0.717, 1.165) is 42.4 Å². The molecule has 98 valence electrons. The second-order valence-corrected chi connectivity index (χ2v) is 4.96. The molecule has 2 heterocycles. The molecule has 1 unspecified atom stereocenters. The molecule has 1 atom stereocenters. The van der Waals surface area contributed by atoms with Crippen molar-refractivity contribution < 1.29 is 19.7 Å². The summed E-state index contributed by atoms with van der Waals surface area (Å²) in [5.41, 5.74) is 2.50. The van der Waals surface area contributed by atoms with Gasteiger partial charge >= 0.3 is 0 Å². The Labute approximate surface area is 106 Å². The number of aliphatic hydroxyl groups is 1. The Morgan fingerprint density at radius 1 is 1.00 bits per heavy atom. The van der Waals surface area contributed by atoms with Crippen molar-refractivity contribution in [1.82, 2.24) is 0 Å². The maximum absolute atomic E-state index is 10.3. The molecule has 2 aliphatic heterocycles. The van der Waals surface area contributed by atoms with Gasteiger partial charge in [-0.3, -0.25) is 0 Å². The minimum absolute atomic E-state index is 0.212. The monoisotopic (exact) mass is 250 g/mol. The molecule has 0 fully saturated rings. The first-order valence-corrected chi connectivity index (χ1v) is 6.54. The molecular formula is C14H18O4. The van der Waals surface area contributed by atoms with Gasteiger partial charge in [0.25, 0.3) is 0 Å². The van der Waals surface area contributed by atoms with Crippen molar-refractivity contribution in [2.75, 3.05) is 13.2 Å². The summed E-state index contributed by atoms with van der Waals surface area (Å²) in [5, 5.41) is 20.3. The van der Waals surface area contributed by atoms with E-state index in [4.69, 9.17) is 9.47 Å². The minimum Gasteiger partial charge on any atom is -0.504 e. The second-order valence-electron chi connectivity index (χ2n) is 4.96. The molecule has 18 heavy (non-hydrogen) atoms. The summed E-state index contributed by atoms with van der Waals surface area (Å²) in [7, 11) is 0. The number of hydrogen-bond donors (Lipinski definition) is 2. The number of hydrogen-bond acceptors (Lipinski definition) is 4. The topological polar surface area (TPSA) is 58.9 Å². The molecule has 0 bridgehead atoms. The lowest BCUT2D eigenvalue weighted by Crippen LogP contribution is -2.18. The molecule has 3 rings (SSSR count). The molecule has 0 aromatic heterocycles. The SMILES string of the molecule is CC(O)c1c2c(c(O)c3c1OCCC3)OCCC2. The van der Waals surface area contributed by atoms with E-state index in [9.17, 15) is 10.2 Å². The van der Waals surface area contributed by atoms with Gasteiger partial charge in [-0.2, -0.15) is 0 Å². The highest BCUT2D eigenvalue weighted by Crippen LogP contribution is 2.49. The normalized spacial score (nSPS) is 19.2. The molecule has 0 amide bonds. The summed E-state index contributed by atoms with van der Waals surface area (Å²) in [5.74, 6) is 1.45. The van der Waals surface area contributed by atoms with Gasteiger partial charge in [0.1, 0.15) is 5.75 Å². The number of phenols is 1. The molecule has 0 spiro atoms. The van der Waals surface area contributed by atoms with Gasteiger partial charge in [-0.05, 0) is 32.6 Å². The van der Waals surface area contributed by atoms with Crippen LogP contribution in [0.3, 0.4) is 0 Å². The zero-order valence-corrected chi connectivity index (χ0v) is 10.5. The van der Waals surface area contributed by atoms with Gasteiger partial charge < -0.3 is 19.7 Å². The molecule has 0 radical (unpaired) electrons. The van der Waals surface area contributed by atoms with E-state index in [1.807, 2.05) is 0 Å². The summed E-state index contributed by atoms with van der Waals surface area (Å²) in [6, 6.07) is 0. The second kappa shape index (κ2) is 4.35. The van der Waals surface area contributed by atoms with Crippen LogP contribution in [0.4, 0.5) is 0 Å². The third-order valence-electron chi connectivity index (χ3n) is 3.67. The Morgan fingerprint density at radius 2 is 1.61 bits per heavy atom. The van der Waals surface area contributed by atoms with Crippen LogP contribution < -0.4 is 9.47 Å². The predicted molar refractivity (Wildman–Crippen MR) is 66.4 cm³/mol. The lowest BCUT2D eigenvalue weighted by Gasteiger charge is -2.29. The lowest BCUT2D eigenvalue weighted by molar-refractivity contribution is 0.181. The van der Waals surface area contributed by atoms with Crippen molar-refractivity contribution in [1.29, 1.82) is 0 Å². The number of benzene rings is 1. The van der Waals surface area contributed by atoms with Gasteiger partial charge in [0, 0.05) is 16.7 Å². The molecule has 2 aliphatic rings. The van der Waals surface area contributed by atoms with Crippen molar-refractivity contribution in [3.05, 3.63) is 16.7 Å². The van der Waals surface area contributed by atoms with Crippen LogP contribution in [0.1, 0.15) is 42.6 Å². The van der Waals surface area contributed by atoms with Gasteiger partial charge in [-0.1, -0.05) is 0 Å². The number of aromatic hydroxyl groups is 1. The number of fused-ring (bicyclic) bond motifs is 2. The van der Waals surface area contributed by atoms with Gasteiger partial charge in [0.15, 0.2) is 11.5 Å². The van der Waals surface area contributed by atoms with Crippen molar-refractivity contribution in [2.24, 2.45) is 0 Å². The van der Waals surface area contributed by atoms with Crippen molar-refractivity contribution in [3.8, 4) is 17.2 Å². The van der Waals surface area contributed by atoms with Gasteiger partial charge in [0.2, 0.25) is 0 Å². The number of aliphatic hydroxyl groups excluding tert-OH is 1. The van der Waals surface area contributed by atoms with E-state index in [1.54, 1.807) is 6.92 Å². The van der Waals surface area contributed by atoms with Gasteiger partial charge in [-0.15, -0.1) is 0 Å². The van der Waals surface area contributed by atoms with E-state index in [-0.39, 0.29) is 5.75 Å². The lowest BCUT2D eigenvalue weighted by atomic mass is 9.90. The summed E-state index contributed by atoms with van der Waals surface area (Å²) >= 11 is 0. The molecule has 0 saturated carbocycles. The molecule has 0 aliphatic carbocycles. The van der Waals surface area contributed by atoms with Gasteiger partial charge in [0.05, 0.1) is 19.3 Å². The Bertz CT molecular complexity index is 442. The number of ether oxygens (including phenoxy) is 2. The smallest absolute Gasteiger partial charge is 0.165 e. The first kappa shape index (κ1) is 11.7. The van der Waals surface area contributed by atoms with Crippen molar-refractivity contribution in [3.63, 3.8) is 0 Å². The molecule has 4 heteroatoms. The molecule has 4 nitrogen and oxygen atoms in total. The number of rotatable bonds is 1. The standard InChI is InChI=1S/C14H18O4/c1-8(15)11-9-4-2-7-18-14(9)12(16)10-5-3-6-17-13(10)11/h8,15-16H,2-7H2,1H3. The summed E-state index contributed by atoms with van der Waals surface area (Å²) in [4.78, 5) is 0. The van der Waals surface area contributed by atoms with Crippen molar-refractivity contribution >= 4 is 0 Å². The Balaban J connectivity index is 2.27. The molecule has 2 N–H and O–H groups in total. The van der Waals surface area contributed by atoms with Crippen LogP contribution in [-0.4, -0.2) is 23.4 Å². The fourth-order valence-electron chi connectivity index (χ4n) is 2.90. The fraction of sp³-hybridized carbons (Fsp3) is 0.571. The Morgan fingerprint density at radius 3 is 2.28 bits per heavy atom. The van der Waals surface area contributed by atoms with E-state index < -0.39 is 6.10 Å². The predicted octanol–water partition coefficient (Wildman–Crippen LogP) is 2.10. The molecule has 1 aromatic rings. The zero-order chi connectivity index (χ0) is 12.7. The van der Waals surface area contributed by atoms with Crippen LogP contribution in [0.2, 0.25) is 0 Å². The average molecular weight is 250 g/mol. The highest BCUT2D eigenvalue weighted by Gasteiger charge is 2.30. The highest BCUT2D eigenvalue weighted by atomic mass is 16.5. The highest BCUT2D eigenvalue weighted by molar-refractivity contribution is 5.64. The van der Waals surface area contributed by atoms with Crippen LogP contribution in [0.15, 0.2) is 0 Å². The van der Waals surface area contributed by atoms with Crippen LogP contribution >= 0.6 is 0 Å². The van der Waals surface area contributed by atoms with Crippen LogP contribution in [0.25, 0.3) is 0 Å². The van der Waals surface area contributed by atoms with E-state index >= 15 is 0 Å². The summed E-state index contributed by atoms with van der Waals surface area (Å²) in [6.45, 7) is 3.00. The summed E-state index contributed by atoms with van der Waals surface area (Å²) < 4.78 is 11.3. The Kier molecular flexibility index (Phi) is 2.82. The molecular weight excluding hydrogens is 232 g/mol. The quantitative estimate of drug-likeness (QED) is 0.801. The minimum atomic E-state index is -0.604. The maximum Gasteiger partial charge on any atom is 0.165 e. The zero-order valence-electron chi connectivity index (χ0n) is 10.5. The van der Waals surface area contributed by atoms with Crippen LogP contribution in [0.5, 0.6) is 17.2 Å². The van der Waals surface area contributed by atoms with Crippen LogP contribution in [-0.2, 0) is 12.8 Å². The third kappa shape index (κ3) is 1.63. The fourth-order valence-corrected chi connectivity index (χ4v) is 2.90. The molecule has 0 saturated heterocycles. The van der Waals surface area contributed by atoms with E-state index in [1.165, 1.54) is 0 Å². The largest absolute Gasteiger partial charge is 0.504 e. The van der Waals surface area contributed by atoms with Crippen molar-refractivity contribution in [2.45, 2.75) is 38.7 Å². The van der Waals surface area contributed by atoms with E-state index in [2.05, 4.69) is 0 Å². The Hall–Kier alpha value is -1.42. The maximum atomic E-state index is 10.3. The van der Waals surface area contributed by atoms with Gasteiger partial charge in [-0.25, -0.2) is 0 Å². The van der Waals surface area contributed by atoms with Crippen LogP contribution in [0, 0.1) is 0 Å². The average Bonchev–Trinajstić information content (AvgIpc) is 2.39.